The highest BCUT2D eigenvalue weighted by Crippen LogP contribution is 2.31. The van der Waals surface area contributed by atoms with E-state index in [9.17, 15) is 10.4 Å². The molecule has 5 nitrogen and oxygen atoms in total. The van der Waals surface area contributed by atoms with Gasteiger partial charge in [0.2, 0.25) is 0 Å². The van der Waals surface area contributed by atoms with E-state index in [1.807, 2.05) is 18.2 Å². The van der Waals surface area contributed by atoms with Crippen molar-refractivity contribution in [1.82, 2.24) is 0 Å². The molecule has 0 saturated carbocycles. The predicted molar refractivity (Wildman–Crippen MR) is 69.6 cm³/mol. The van der Waals surface area contributed by atoms with Crippen LogP contribution < -0.4 is 10.1 Å². The van der Waals surface area contributed by atoms with Crippen molar-refractivity contribution in [3.8, 4) is 0 Å². The minimum atomic E-state index is 0.205. The van der Waals surface area contributed by atoms with Gasteiger partial charge >= 0.3 is 0 Å². The van der Waals surface area contributed by atoms with E-state index in [-0.39, 0.29) is 5.23 Å². The quantitative estimate of drug-likeness (QED) is 0.808. The third-order valence-electron chi connectivity index (χ3n) is 3.23. The van der Waals surface area contributed by atoms with E-state index in [4.69, 9.17) is 4.74 Å². The van der Waals surface area contributed by atoms with Crippen LogP contribution in [0.5, 0.6) is 0 Å². The third-order valence-corrected chi connectivity index (χ3v) is 3.23. The van der Waals surface area contributed by atoms with Crippen molar-refractivity contribution in [1.29, 1.82) is 0 Å². The standard InChI is InChI=1S/C13H20N2O3/c1-10(2)11-3-4-12(13(9-11)15(16)17)14-5-7-18-8-6-14/h3-4,9-10,16-17H,5-8H2,1-2H3. The van der Waals surface area contributed by atoms with Crippen LogP contribution in [0.25, 0.3) is 0 Å². The van der Waals surface area contributed by atoms with Crippen molar-refractivity contribution in [3.05, 3.63) is 23.8 Å². The minimum Gasteiger partial charge on any atom is -0.378 e. The van der Waals surface area contributed by atoms with Crippen LogP contribution in [0.1, 0.15) is 25.3 Å². The molecule has 0 amide bonds. The zero-order chi connectivity index (χ0) is 13.1. The van der Waals surface area contributed by atoms with Gasteiger partial charge in [-0.15, -0.1) is 5.23 Å². The number of ether oxygens (including phenoxy) is 1. The fraction of sp³-hybridized carbons (Fsp3) is 0.538. The molecule has 1 aliphatic rings. The third kappa shape index (κ3) is 2.75. The summed E-state index contributed by atoms with van der Waals surface area (Å²) in [5, 5.41) is 18.9. The molecule has 0 aromatic heterocycles. The average Bonchev–Trinajstić information content (AvgIpc) is 2.39. The van der Waals surface area contributed by atoms with Gasteiger partial charge in [-0.2, -0.15) is 0 Å². The van der Waals surface area contributed by atoms with Gasteiger partial charge in [0, 0.05) is 13.1 Å². The Kier molecular flexibility index (Phi) is 4.06. The summed E-state index contributed by atoms with van der Waals surface area (Å²) in [4.78, 5) is 2.10. The van der Waals surface area contributed by atoms with Crippen LogP contribution in [0.2, 0.25) is 0 Å². The number of morpholine rings is 1. The largest absolute Gasteiger partial charge is 0.378 e. The molecular formula is C13H20N2O3. The molecule has 1 heterocycles. The average molecular weight is 252 g/mol. The molecule has 18 heavy (non-hydrogen) atoms. The minimum absolute atomic E-state index is 0.205. The Morgan fingerprint density at radius 2 is 1.89 bits per heavy atom. The molecule has 1 fully saturated rings. The highest BCUT2D eigenvalue weighted by molar-refractivity contribution is 5.70. The smallest absolute Gasteiger partial charge is 0.118 e. The number of nitrogens with zero attached hydrogens (tertiary/aromatic N) is 2. The number of hydrogen-bond donors (Lipinski definition) is 2. The molecule has 5 heteroatoms. The first-order chi connectivity index (χ1) is 8.59. The lowest BCUT2D eigenvalue weighted by Gasteiger charge is -2.31. The predicted octanol–water partition coefficient (Wildman–Crippen LogP) is 2.23. The zero-order valence-electron chi connectivity index (χ0n) is 10.8. The van der Waals surface area contributed by atoms with Crippen LogP contribution in [-0.4, -0.2) is 36.7 Å². The number of hydrogen-bond acceptors (Lipinski definition) is 5. The van der Waals surface area contributed by atoms with Crippen molar-refractivity contribution in [2.75, 3.05) is 36.4 Å². The van der Waals surface area contributed by atoms with Crippen molar-refractivity contribution < 1.29 is 15.2 Å². The first kappa shape index (κ1) is 13.1. The lowest BCUT2D eigenvalue weighted by molar-refractivity contribution is 0.0291. The van der Waals surface area contributed by atoms with Gasteiger partial charge in [0.05, 0.1) is 18.9 Å². The van der Waals surface area contributed by atoms with Crippen LogP contribution in [0.15, 0.2) is 18.2 Å². The van der Waals surface area contributed by atoms with E-state index >= 15 is 0 Å². The second kappa shape index (κ2) is 5.56. The van der Waals surface area contributed by atoms with Gasteiger partial charge in [0.15, 0.2) is 0 Å². The SMILES string of the molecule is CC(C)c1ccc(N2CCOCC2)c(N(O)O)c1. The first-order valence-corrected chi connectivity index (χ1v) is 6.24. The summed E-state index contributed by atoms with van der Waals surface area (Å²) in [6.07, 6.45) is 0. The molecule has 2 N–H and O–H groups in total. The summed E-state index contributed by atoms with van der Waals surface area (Å²) in [6, 6.07) is 5.79. The van der Waals surface area contributed by atoms with E-state index in [0.29, 0.717) is 24.8 Å². The maximum Gasteiger partial charge on any atom is 0.118 e. The maximum absolute atomic E-state index is 9.37. The van der Waals surface area contributed by atoms with Crippen LogP contribution in [0, 0.1) is 0 Å². The van der Waals surface area contributed by atoms with E-state index < -0.39 is 0 Å². The van der Waals surface area contributed by atoms with Gasteiger partial charge in [-0.25, -0.2) is 0 Å². The number of benzene rings is 1. The second-order valence-electron chi connectivity index (χ2n) is 4.79. The fourth-order valence-electron chi connectivity index (χ4n) is 2.13. The van der Waals surface area contributed by atoms with Gasteiger partial charge in [0.1, 0.15) is 5.69 Å². The Morgan fingerprint density at radius 1 is 1.22 bits per heavy atom. The summed E-state index contributed by atoms with van der Waals surface area (Å²) >= 11 is 0. The topological polar surface area (TPSA) is 56.2 Å². The Morgan fingerprint density at radius 3 is 2.44 bits per heavy atom. The summed E-state index contributed by atoms with van der Waals surface area (Å²) in [5.41, 5.74) is 2.32. The first-order valence-electron chi connectivity index (χ1n) is 6.24. The lowest BCUT2D eigenvalue weighted by Crippen LogP contribution is -2.37. The summed E-state index contributed by atoms with van der Waals surface area (Å²) in [7, 11) is 0. The van der Waals surface area contributed by atoms with Crippen LogP contribution in [0.3, 0.4) is 0 Å². The highest BCUT2D eigenvalue weighted by Gasteiger charge is 2.18. The van der Waals surface area contributed by atoms with Gasteiger partial charge in [-0.05, 0) is 23.6 Å². The molecule has 1 aromatic carbocycles. The monoisotopic (exact) mass is 252 g/mol. The molecule has 0 spiro atoms. The molecule has 2 rings (SSSR count). The Balaban J connectivity index is 2.33. The molecule has 0 bridgehead atoms. The summed E-state index contributed by atoms with van der Waals surface area (Å²) < 4.78 is 5.30. The van der Waals surface area contributed by atoms with Crippen molar-refractivity contribution in [3.63, 3.8) is 0 Å². The molecule has 0 unspecified atom stereocenters. The maximum atomic E-state index is 9.37. The summed E-state index contributed by atoms with van der Waals surface area (Å²) in [5.74, 6) is 0.349. The molecule has 100 valence electrons. The van der Waals surface area contributed by atoms with Crippen LogP contribution in [0.4, 0.5) is 11.4 Å². The van der Waals surface area contributed by atoms with Crippen LogP contribution in [-0.2, 0) is 4.74 Å². The van der Waals surface area contributed by atoms with Crippen molar-refractivity contribution >= 4 is 11.4 Å². The van der Waals surface area contributed by atoms with Crippen molar-refractivity contribution in [2.45, 2.75) is 19.8 Å². The van der Waals surface area contributed by atoms with Gasteiger partial charge < -0.3 is 9.64 Å². The molecule has 0 atom stereocenters. The summed E-state index contributed by atoms with van der Waals surface area (Å²) in [6.45, 7) is 7.02. The number of rotatable bonds is 3. The molecule has 0 radical (unpaired) electrons. The zero-order valence-corrected chi connectivity index (χ0v) is 10.8. The Bertz CT molecular complexity index is 401. The highest BCUT2D eigenvalue weighted by atomic mass is 16.8. The molecule has 1 aromatic rings. The van der Waals surface area contributed by atoms with Gasteiger partial charge in [-0.1, -0.05) is 19.9 Å². The molecular weight excluding hydrogens is 232 g/mol. The molecule has 1 saturated heterocycles. The lowest BCUT2D eigenvalue weighted by atomic mass is 10.0. The van der Waals surface area contributed by atoms with E-state index in [0.717, 1.165) is 24.3 Å². The number of anilines is 2. The molecule has 1 aliphatic heterocycles. The van der Waals surface area contributed by atoms with E-state index in [2.05, 4.69) is 18.7 Å². The normalized spacial score (nSPS) is 16.2. The Hall–Kier alpha value is -1.30. The Labute approximate surface area is 107 Å². The van der Waals surface area contributed by atoms with E-state index in [1.54, 1.807) is 0 Å². The van der Waals surface area contributed by atoms with Gasteiger partial charge in [-0.3, -0.25) is 10.4 Å². The second-order valence-corrected chi connectivity index (χ2v) is 4.79. The fourth-order valence-corrected chi connectivity index (χ4v) is 2.13. The van der Waals surface area contributed by atoms with Crippen molar-refractivity contribution in [2.24, 2.45) is 0 Å². The van der Waals surface area contributed by atoms with Gasteiger partial charge in [0.25, 0.3) is 0 Å². The molecule has 0 aliphatic carbocycles. The van der Waals surface area contributed by atoms with Crippen LogP contribution >= 0.6 is 0 Å². The van der Waals surface area contributed by atoms with E-state index in [1.165, 1.54) is 0 Å².